The van der Waals surface area contributed by atoms with E-state index in [0.717, 1.165) is 43.2 Å². The van der Waals surface area contributed by atoms with Crippen LogP contribution in [0.5, 0.6) is 11.5 Å². The predicted molar refractivity (Wildman–Crippen MR) is 118 cm³/mol. The summed E-state index contributed by atoms with van der Waals surface area (Å²) in [5.41, 5.74) is 1.72. The van der Waals surface area contributed by atoms with E-state index in [2.05, 4.69) is 32.4 Å². The molecule has 1 saturated heterocycles. The molecule has 168 valence electrons. The molecule has 1 fully saturated rings. The van der Waals surface area contributed by atoms with Gasteiger partial charge in [0.05, 0.1) is 18.8 Å². The van der Waals surface area contributed by atoms with Crippen LogP contribution < -0.4 is 14.8 Å². The zero-order valence-corrected chi connectivity index (χ0v) is 18.0. The monoisotopic (exact) mass is 437 g/mol. The lowest BCUT2D eigenvalue weighted by Gasteiger charge is -2.31. The Labute approximate surface area is 186 Å². The Hall–Kier alpha value is -3.30. The number of fused-ring (bicyclic) bond motifs is 1. The highest BCUT2D eigenvalue weighted by Gasteiger charge is 2.25. The number of carbonyl (C=O) groups excluding carboxylic acids is 1. The van der Waals surface area contributed by atoms with Gasteiger partial charge in [-0.3, -0.25) is 14.8 Å². The molecular formula is C23H27N5O4. The Bertz CT molecular complexity index is 1060. The Morgan fingerprint density at radius 1 is 1.19 bits per heavy atom. The number of amides is 1. The van der Waals surface area contributed by atoms with Gasteiger partial charge in [0.15, 0.2) is 17.3 Å². The topological polar surface area (TPSA) is 95.9 Å². The van der Waals surface area contributed by atoms with E-state index in [1.807, 2.05) is 30.3 Å². The minimum Gasteiger partial charge on any atom is -0.486 e. The Balaban J connectivity index is 1.17. The highest BCUT2D eigenvalue weighted by Crippen LogP contribution is 2.40. The lowest BCUT2D eigenvalue weighted by atomic mass is 10.1. The van der Waals surface area contributed by atoms with Crippen molar-refractivity contribution in [2.24, 2.45) is 0 Å². The van der Waals surface area contributed by atoms with Gasteiger partial charge >= 0.3 is 0 Å². The van der Waals surface area contributed by atoms with Crippen LogP contribution in [0.15, 0.2) is 47.0 Å². The summed E-state index contributed by atoms with van der Waals surface area (Å²) in [7, 11) is 2.13. The van der Waals surface area contributed by atoms with Gasteiger partial charge in [-0.15, -0.1) is 0 Å². The van der Waals surface area contributed by atoms with Gasteiger partial charge in [-0.2, -0.15) is 5.10 Å². The number of ether oxygens (including phenoxy) is 2. The average Bonchev–Trinajstić information content (AvgIpc) is 3.51. The van der Waals surface area contributed by atoms with E-state index in [0.29, 0.717) is 37.0 Å². The molecule has 4 heterocycles. The molecule has 9 heteroatoms. The zero-order valence-electron chi connectivity index (χ0n) is 18.0. The molecule has 9 nitrogen and oxygen atoms in total. The predicted octanol–water partition coefficient (Wildman–Crippen LogP) is 1.99. The first-order valence-electron chi connectivity index (χ1n) is 10.9. The van der Waals surface area contributed by atoms with E-state index in [9.17, 15) is 4.79 Å². The number of para-hydroxylation sites is 1. The highest BCUT2D eigenvalue weighted by molar-refractivity contribution is 5.91. The number of aromatic nitrogens is 2. The maximum Gasteiger partial charge on any atom is 0.287 e. The summed E-state index contributed by atoms with van der Waals surface area (Å²) in [5, 5.41) is 9.86. The first-order chi connectivity index (χ1) is 15.7. The van der Waals surface area contributed by atoms with Crippen molar-refractivity contribution in [1.82, 2.24) is 25.3 Å². The fraction of sp³-hybridized carbons (Fsp3) is 0.391. The molecule has 0 spiro atoms. The maximum absolute atomic E-state index is 12.6. The number of furan rings is 1. The van der Waals surface area contributed by atoms with Crippen molar-refractivity contribution in [3.63, 3.8) is 0 Å². The standard InChI is InChI=1S/C23H27N5O4/c1-27-9-11-28(12-10-27)14-16-5-6-21(31-16)23(29)24-13-17-15-30-20-4-2-3-18(22(20)32-17)19-7-8-25-26-19/h2-8,17H,9-15H2,1H3,(H,24,29)(H,25,26). The summed E-state index contributed by atoms with van der Waals surface area (Å²) in [6, 6.07) is 11.2. The van der Waals surface area contributed by atoms with E-state index < -0.39 is 0 Å². The summed E-state index contributed by atoms with van der Waals surface area (Å²) in [4.78, 5) is 17.2. The molecule has 2 N–H and O–H groups in total. The van der Waals surface area contributed by atoms with Crippen molar-refractivity contribution in [2.75, 3.05) is 46.4 Å². The third-order valence-corrected chi connectivity index (χ3v) is 5.83. The average molecular weight is 438 g/mol. The van der Waals surface area contributed by atoms with Crippen molar-refractivity contribution in [1.29, 1.82) is 0 Å². The van der Waals surface area contributed by atoms with Crippen LogP contribution in [0.3, 0.4) is 0 Å². The molecule has 0 bridgehead atoms. The highest BCUT2D eigenvalue weighted by atomic mass is 16.6. The van der Waals surface area contributed by atoms with Crippen LogP contribution in [-0.2, 0) is 6.54 Å². The molecule has 0 radical (unpaired) electrons. The largest absolute Gasteiger partial charge is 0.486 e. The summed E-state index contributed by atoms with van der Waals surface area (Å²) in [6.07, 6.45) is 1.38. The van der Waals surface area contributed by atoms with Crippen LogP contribution in [0.2, 0.25) is 0 Å². The molecule has 1 unspecified atom stereocenters. The fourth-order valence-corrected chi connectivity index (χ4v) is 3.96. The molecule has 2 aliphatic heterocycles. The fourth-order valence-electron chi connectivity index (χ4n) is 3.96. The molecule has 1 aromatic carbocycles. The number of rotatable bonds is 6. The summed E-state index contributed by atoms with van der Waals surface area (Å²) < 4.78 is 17.8. The van der Waals surface area contributed by atoms with Crippen LogP contribution in [-0.4, -0.2) is 78.4 Å². The van der Waals surface area contributed by atoms with E-state index in [4.69, 9.17) is 13.9 Å². The quantitative estimate of drug-likeness (QED) is 0.609. The second-order valence-electron chi connectivity index (χ2n) is 8.21. The molecule has 0 saturated carbocycles. The number of nitrogens with zero attached hydrogens (tertiary/aromatic N) is 3. The van der Waals surface area contributed by atoms with Gasteiger partial charge in [0.25, 0.3) is 5.91 Å². The van der Waals surface area contributed by atoms with Crippen LogP contribution in [0.4, 0.5) is 0 Å². The van der Waals surface area contributed by atoms with Crippen molar-refractivity contribution < 1.29 is 18.7 Å². The van der Waals surface area contributed by atoms with Gasteiger partial charge in [0.1, 0.15) is 18.5 Å². The van der Waals surface area contributed by atoms with Gasteiger partial charge in [-0.25, -0.2) is 0 Å². The second kappa shape index (κ2) is 9.05. The number of carbonyl (C=O) groups is 1. The number of hydrogen-bond donors (Lipinski definition) is 2. The molecule has 1 amide bonds. The van der Waals surface area contributed by atoms with Crippen molar-refractivity contribution >= 4 is 5.91 Å². The van der Waals surface area contributed by atoms with Crippen molar-refractivity contribution in [2.45, 2.75) is 12.6 Å². The van der Waals surface area contributed by atoms with Crippen molar-refractivity contribution in [3.8, 4) is 22.8 Å². The third kappa shape index (κ3) is 4.49. The summed E-state index contributed by atoms with van der Waals surface area (Å²) in [5.74, 6) is 2.18. The lowest BCUT2D eigenvalue weighted by Crippen LogP contribution is -2.43. The van der Waals surface area contributed by atoms with Crippen LogP contribution in [0.1, 0.15) is 16.3 Å². The van der Waals surface area contributed by atoms with Crippen LogP contribution >= 0.6 is 0 Å². The van der Waals surface area contributed by atoms with Gasteiger partial charge in [0, 0.05) is 37.9 Å². The maximum atomic E-state index is 12.6. The van der Waals surface area contributed by atoms with Crippen molar-refractivity contribution in [3.05, 3.63) is 54.1 Å². The van der Waals surface area contributed by atoms with E-state index >= 15 is 0 Å². The Morgan fingerprint density at radius 2 is 2.06 bits per heavy atom. The van der Waals surface area contributed by atoms with Gasteiger partial charge in [0.2, 0.25) is 0 Å². The second-order valence-corrected chi connectivity index (χ2v) is 8.21. The molecule has 5 rings (SSSR count). The molecular weight excluding hydrogens is 410 g/mol. The minimum absolute atomic E-state index is 0.258. The van der Waals surface area contributed by atoms with Crippen LogP contribution in [0, 0.1) is 0 Å². The number of hydrogen-bond acceptors (Lipinski definition) is 7. The zero-order chi connectivity index (χ0) is 21.9. The number of benzene rings is 1. The number of piperazine rings is 1. The normalized spacial score (nSPS) is 19.1. The number of aromatic amines is 1. The minimum atomic E-state index is -0.310. The molecule has 0 aliphatic carbocycles. The molecule has 1 atom stereocenters. The lowest BCUT2D eigenvalue weighted by molar-refractivity contribution is 0.0773. The van der Waals surface area contributed by atoms with Gasteiger partial charge < -0.3 is 24.1 Å². The SMILES string of the molecule is CN1CCN(Cc2ccc(C(=O)NCC3COc4cccc(-c5ccn[nH]5)c4O3)o2)CC1. The molecule has 2 aromatic heterocycles. The number of likely N-dealkylation sites (N-methyl/N-ethyl adjacent to an activating group) is 1. The smallest absolute Gasteiger partial charge is 0.287 e. The molecule has 2 aliphatic rings. The van der Waals surface area contributed by atoms with Gasteiger partial charge in [-0.1, -0.05) is 6.07 Å². The Kier molecular flexibility index (Phi) is 5.83. The summed E-state index contributed by atoms with van der Waals surface area (Å²) >= 11 is 0. The molecule has 3 aromatic rings. The third-order valence-electron chi connectivity index (χ3n) is 5.83. The number of nitrogens with one attached hydrogen (secondary N) is 2. The van der Waals surface area contributed by atoms with E-state index in [-0.39, 0.29) is 12.0 Å². The van der Waals surface area contributed by atoms with E-state index in [1.165, 1.54) is 0 Å². The first kappa shape index (κ1) is 20.6. The first-order valence-corrected chi connectivity index (χ1v) is 10.9. The summed E-state index contributed by atoms with van der Waals surface area (Å²) in [6.45, 7) is 5.47. The molecule has 32 heavy (non-hydrogen) atoms. The van der Waals surface area contributed by atoms with Crippen LogP contribution in [0.25, 0.3) is 11.3 Å². The number of H-pyrrole nitrogens is 1. The Morgan fingerprint density at radius 3 is 2.88 bits per heavy atom. The van der Waals surface area contributed by atoms with E-state index in [1.54, 1.807) is 12.3 Å². The van der Waals surface area contributed by atoms with Gasteiger partial charge in [-0.05, 0) is 37.4 Å².